The van der Waals surface area contributed by atoms with Crippen molar-refractivity contribution in [2.75, 3.05) is 0 Å². The van der Waals surface area contributed by atoms with E-state index in [4.69, 9.17) is 5.10 Å². The summed E-state index contributed by atoms with van der Waals surface area (Å²) in [5.41, 5.74) is 7.35. The smallest absolute Gasteiger partial charge is 0.0921 e. The van der Waals surface area contributed by atoms with E-state index >= 15 is 0 Å². The number of nitrogens with zero attached hydrogens (tertiary/aromatic N) is 2. The van der Waals surface area contributed by atoms with Crippen molar-refractivity contribution in [2.45, 2.75) is 52.1 Å². The van der Waals surface area contributed by atoms with Crippen molar-refractivity contribution in [1.82, 2.24) is 15.1 Å². The fraction of sp³-hybridized carbons (Fsp3) is 0.320. The van der Waals surface area contributed by atoms with Crippen LogP contribution in [-0.2, 0) is 0 Å². The minimum absolute atomic E-state index is 0.519. The molecule has 0 amide bonds. The Kier molecular flexibility index (Phi) is 5.45. The highest BCUT2D eigenvalue weighted by Gasteiger charge is 2.30. The summed E-state index contributed by atoms with van der Waals surface area (Å²) < 4.78 is 2.12. The summed E-state index contributed by atoms with van der Waals surface area (Å²) in [6.45, 7) is 6.22. The number of hydrogen-bond acceptors (Lipinski definition) is 2. The van der Waals surface area contributed by atoms with Crippen LogP contribution in [0.15, 0.2) is 66.7 Å². The maximum Gasteiger partial charge on any atom is 0.0921 e. The van der Waals surface area contributed by atoms with E-state index in [1.54, 1.807) is 0 Å². The van der Waals surface area contributed by atoms with Gasteiger partial charge in [-0.15, -0.1) is 0 Å². The second-order valence-corrected chi connectivity index (χ2v) is 7.38. The van der Waals surface area contributed by atoms with Crippen LogP contribution in [0.5, 0.6) is 0 Å². The molecule has 3 nitrogen and oxygen atoms in total. The molecule has 3 heteroatoms. The maximum atomic E-state index is 5.10. The predicted octanol–water partition coefficient (Wildman–Crippen LogP) is 5.78. The molecule has 28 heavy (non-hydrogen) atoms. The first-order valence-electron chi connectivity index (χ1n) is 10.5. The van der Waals surface area contributed by atoms with Crippen molar-refractivity contribution in [3.8, 4) is 16.9 Å². The summed E-state index contributed by atoms with van der Waals surface area (Å²) in [4.78, 5) is 0. The first-order valence-corrected chi connectivity index (χ1v) is 10.5. The molecule has 1 saturated heterocycles. The lowest BCUT2D eigenvalue weighted by molar-refractivity contribution is 0.573. The Morgan fingerprint density at radius 3 is 2.29 bits per heavy atom. The van der Waals surface area contributed by atoms with Crippen LogP contribution in [-0.4, -0.2) is 21.9 Å². The Hall–Kier alpha value is -2.65. The van der Waals surface area contributed by atoms with Crippen molar-refractivity contribution in [3.63, 3.8) is 0 Å². The molecule has 1 aromatic heterocycles. The zero-order valence-corrected chi connectivity index (χ0v) is 17.0. The molecule has 2 aliphatic heterocycles. The van der Waals surface area contributed by atoms with Crippen LogP contribution < -0.4 is 5.32 Å². The van der Waals surface area contributed by atoms with Crippen molar-refractivity contribution >= 4 is 5.57 Å². The molecular formula is C25H29N3. The van der Waals surface area contributed by atoms with E-state index in [9.17, 15) is 0 Å². The van der Waals surface area contributed by atoms with E-state index in [1.165, 1.54) is 35.2 Å². The van der Waals surface area contributed by atoms with E-state index in [0.717, 1.165) is 17.8 Å². The molecule has 2 unspecified atom stereocenters. The van der Waals surface area contributed by atoms with Crippen LogP contribution in [0, 0.1) is 6.92 Å². The molecular weight excluding hydrogens is 342 g/mol. The van der Waals surface area contributed by atoms with Gasteiger partial charge in [-0.25, -0.2) is 4.68 Å². The fourth-order valence-corrected chi connectivity index (χ4v) is 4.39. The Labute approximate surface area is 168 Å². The predicted molar refractivity (Wildman–Crippen MR) is 118 cm³/mol. The maximum absolute atomic E-state index is 5.10. The van der Waals surface area contributed by atoms with Gasteiger partial charge < -0.3 is 5.32 Å². The first-order chi connectivity index (χ1) is 13.8. The number of para-hydroxylation sites is 1. The number of rotatable bonds is 3. The number of hydrogen-bond donors (Lipinski definition) is 1. The van der Waals surface area contributed by atoms with Crippen molar-refractivity contribution < 1.29 is 0 Å². The topological polar surface area (TPSA) is 29.9 Å². The van der Waals surface area contributed by atoms with Gasteiger partial charge in [-0.05, 0) is 43.9 Å². The van der Waals surface area contributed by atoms with Gasteiger partial charge in [-0.1, -0.05) is 68.5 Å². The average Bonchev–Trinajstić information content (AvgIpc) is 3.29. The lowest BCUT2D eigenvalue weighted by Crippen LogP contribution is -2.32. The Balaban J connectivity index is 0.000000932. The Morgan fingerprint density at radius 2 is 1.61 bits per heavy atom. The third-order valence-electron chi connectivity index (χ3n) is 5.62. The molecule has 0 aliphatic carbocycles. The van der Waals surface area contributed by atoms with E-state index in [1.807, 2.05) is 13.8 Å². The normalized spacial score (nSPS) is 20.3. The molecule has 0 spiro atoms. The van der Waals surface area contributed by atoms with Crippen LogP contribution in [0.2, 0.25) is 0 Å². The van der Waals surface area contributed by atoms with Gasteiger partial charge in [0.15, 0.2) is 0 Å². The van der Waals surface area contributed by atoms with Gasteiger partial charge in [0, 0.05) is 23.2 Å². The highest BCUT2D eigenvalue weighted by molar-refractivity contribution is 5.76. The van der Waals surface area contributed by atoms with Gasteiger partial charge >= 0.3 is 0 Å². The highest BCUT2D eigenvalue weighted by Crippen LogP contribution is 2.37. The monoisotopic (exact) mass is 371 g/mol. The quantitative estimate of drug-likeness (QED) is 0.632. The van der Waals surface area contributed by atoms with Gasteiger partial charge in [-0.2, -0.15) is 5.10 Å². The number of fused-ring (bicyclic) bond motifs is 2. The van der Waals surface area contributed by atoms with Crippen molar-refractivity contribution in [2.24, 2.45) is 0 Å². The molecule has 0 radical (unpaired) electrons. The second kappa shape index (κ2) is 8.15. The first kappa shape index (κ1) is 18.7. The Bertz CT molecular complexity index is 954. The summed E-state index contributed by atoms with van der Waals surface area (Å²) in [6, 6.07) is 22.2. The van der Waals surface area contributed by atoms with E-state index in [-0.39, 0.29) is 0 Å². The zero-order chi connectivity index (χ0) is 19.5. The summed E-state index contributed by atoms with van der Waals surface area (Å²) in [7, 11) is 0. The van der Waals surface area contributed by atoms with Crippen LogP contribution in [0.3, 0.4) is 0 Å². The highest BCUT2D eigenvalue weighted by atomic mass is 15.3. The third-order valence-corrected chi connectivity index (χ3v) is 5.62. The van der Waals surface area contributed by atoms with Crippen LogP contribution in [0.1, 0.15) is 44.4 Å². The summed E-state index contributed by atoms with van der Waals surface area (Å²) in [5, 5.41) is 8.78. The molecule has 3 heterocycles. The van der Waals surface area contributed by atoms with Gasteiger partial charge in [-0.3, -0.25) is 0 Å². The summed E-state index contributed by atoms with van der Waals surface area (Å²) >= 11 is 0. The lowest BCUT2D eigenvalue weighted by Gasteiger charge is -2.20. The Morgan fingerprint density at radius 1 is 0.929 bits per heavy atom. The molecule has 2 bridgehead atoms. The fourth-order valence-electron chi connectivity index (χ4n) is 4.39. The van der Waals surface area contributed by atoms with E-state index < -0.39 is 0 Å². The van der Waals surface area contributed by atoms with Crippen molar-refractivity contribution in [1.29, 1.82) is 0 Å². The van der Waals surface area contributed by atoms with E-state index in [0.29, 0.717) is 12.1 Å². The number of aromatic nitrogens is 2. The average molecular weight is 372 g/mol. The van der Waals surface area contributed by atoms with Crippen LogP contribution in [0.25, 0.3) is 22.5 Å². The minimum Gasteiger partial charge on any atom is -0.307 e. The summed E-state index contributed by atoms with van der Waals surface area (Å²) in [5.74, 6) is 0. The minimum atomic E-state index is 0.519. The second-order valence-electron chi connectivity index (χ2n) is 7.38. The van der Waals surface area contributed by atoms with Crippen molar-refractivity contribution in [3.05, 3.63) is 78.0 Å². The molecule has 2 aromatic carbocycles. The molecule has 1 N–H and O–H groups in total. The number of nitrogens with one attached hydrogen (secondary N) is 1. The molecule has 2 aliphatic rings. The molecule has 1 fully saturated rings. The lowest BCUT2D eigenvalue weighted by atomic mass is 9.96. The molecule has 144 valence electrons. The molecule has 3 aromatic rings. The van der Waals surface area contributed by atoms with Gasteiger partial charge in [0.1, 0.15) is 0 Å². The molecule has 0 saturated carbocycles. The standard InChI is InChI=1S/C23H23N3.C2H6/c1-16-22(18-14-19-12-13-20(15-18)24-19)25-26(21-10-6-3-7-11-21)23(16)17-8-4-2-5-9-17;1-2/h2-11,14,19-20,24H,12-13,15H2,1H3;1-2H3. The van der Waals surface area contributed by atoms with Gasteiger partial charge in [0.2, 0.25) is 0 Å². The van der Waals surface area contributed by atoms with Gasteiger partial charge in [0.25, 0.3) is 0 Å². The van der Waals surface area contributed by atoms with Crippen LogP contribution in [0.4, 0.5) is 0 Å². The van der Waals surface area contributed by atoms with Gasteiger partial charge in [0.05, 0.1) is 17.1 Å². The molecule has 2 atom stereocenters. The number of benzene rings is 2. The zero-order valence-electron chi connectivity index (χ0n) is 17.0. The SMILES string of the molecule is CC.Cc1c(C2=CC3CCC(C2)N3)nn(-c2ccccc2)c1-c1ccccc1. The van der Waals surface area contributed by atoms with Crippen LogP contribution >= 0.6 is 0 Å². The third kappa shape index (κ3) is 3.43. The molecule has 5 rings (SSSR count). The largest absolute Gasteiger partial charge is 0.307 e. The van der Waals surface area contributed by atoms with E-state index in [2.05, 4.69) is 83.7 Å². The summed E-state index contributed by atoms with van der Waals surface area (Å²) in [6.07, 6.45) is 6.01.